The van der Waals surface area contributed by atoms with Gasteiger partial charge in [0.05, 0.1) is 0 Å². The molecule has 0 amide bonds. The Bertz CT molecular complexity index is 668. The highest BCUT2D eigenvalue weighted by molar-refractivity contribution is 7.99. The van der Waals surface area contributed by atoms with Crippen LogP contribution < -0.4 is 4.74 Å². The molecule has 0 radical (unpaired) electrons. The van der Waals surface area contributed by atoms with Crippen LogP contribution in [0.3, 0.4) is 0 Å². The average molecular weight is 379 g/mol. The number of aliphatic hydroxyl groups excluding tert-OH is 1. The molecule has 0 saturated carbocycles. The molecule has 6 heteroatoms. The average Bonchev–Trinajstić information content (AvgIpc) is 2.62. The second-order valence-corrected chi connectivity index (χ2v) is 6.99. The molecule has 1 aromatic carbocycles. The smallest absolute Gasteiger partial charge is 0.247 e. The number of ether oxygens (including phenoxy) is 1. The van der Waals surface area contributed by atoms with Crippen molar-refractivity contribution in [3.05, 3.63) is 53.7 Å². The lowest BCUT2D eigenvalue weighted by atomic mass is 10.1. The minimum atomic E-state index is -0.960. The molecule has 0 aliphatic rings. The fourth-order valence-electron chi connectivity index (χ4n) is 2.27. The van der Waals surface area contributed by atoms with Gasteiger partial charge in [0.1, 0.15) is 5.69 Å². The van der Waals surface area contributed by atoms with Crippen molar-refractivity contribution < 1.29 is 9.84 Å². The molecular weight excluding hydrogens is 356 g/mol. The Labute approximate surface area is 158 Å². The van der Waals surface area contributed by atoms with Crippen molar-refractivity contribution >= 4 is 23.4 Å². The maximum Gasteiger partial charge on any atom is 0.247 e. The largest absolute Gasteiger partial charge is 0.453 e. The predicted octanol–water partition coefficient (Wildman–Crippen LogP) is 5.32. The molecule has 1 unspecified atom stereocenters. The SMILES string of the molecule is C/C=C/CCCCCSC(O)Oc1cc(Cl)nnc1-c1ccccc1. The number of hydrogen-bond donors (Lipinski definition) is 1. The van der Waals surface area contributed by atoms with Gasteiger partial charge in [-0.25, -0.2) is 0 Å². The van der Waals surface area contributed by atoms with Crippen molar-refractivity contribution in [1.29, 1.82) is 0 Å². The number of aromatic nitrogens is 2. The number of allylic oxidation sites excluding steroid dienone is 2. The normalized spacial score (nSPS) is 12.4. The highest BCUT2D eigenvalue weighted by Crippen LogP contribution is 2.30. The van der Waals surface area contributed by atoms with Crippen LogP contribution in [0, 0.1) is 0 Å². The van der Waals surface area contributed by atoms with Gasteiger partial charge in [0.25, 0.3) is 0 Å². The molecule has 0 saturated heterocycles. The van der Waals surface area contributed by atoms with Gasteiger partial charge in [0, 0.05) is 11.6 Å². The summed E-state index contributed by atoms with van der Waals surface area (Å²) in [4.78, 5) is 0. The van der Waals surface area contributed by atoms with E-state index in [-0.39, 0.29) is 5.15 Å². The van der Waals surface area contributed by atoms with Gasteiger partial charge in [0.15, 0.2) is 10.9 Å². The van der Waals surface area contributed by atoms with Crippen molar-refractivity contribution in [3.63, 3.8) is 0 Å². The van der Waals surface area contributed by atoms with Crippen LogP contribution in [-0.2, 0) is 0 Å². The van der Waals surface area contributed by atoms with Gasteiger partial charge in [-0.15, -0.1) is 10.2 Å². The first-order chi connectivity index (χ1) is 12.2. The molecule has 0 bridgehead atoms. The van der Waals surface area contributed by atoms with Crippen LogP contribution in [0.4, 0.5) is 0 Å². The molecule has 0 fully saturated rings. The Hall–Kier alpha value is -1.56. The van der Waals surface area contributed by atoms with Crippen LogP contribution in [0.25, 0.3) is 11.3 Å². The summed E-state index contributed by atoms with van der Waals surface area (Å²) in [6.07, 6.45) is 8.72. The topological polar surface area (TPSA) is 55.2 Å². The van der Waals surface area contributed by atoms with Crippen molar-refractivity contribution in [1.82, 2.24) is 10.2 Å². The molecular formula is C19H23ClN2O2S. The Morgan fingerprint density at radius 2 is 2.00 bits per heavy atom. The fraction of sp³-hybridized carbons (Fsp3) is 0.368. The van der Waals surface area contributed by atoms with Gasteiger partial charge >= 0.3 is 0 Å². The summed E-state index contributed by atoms with van der Waals surface area (Å²) in [7, 11) is 0. The second-order valence-electron chi connectivity index (χ2n) is 5.46. The molecule has 1 aromatic heterocycles. The summed E-state index contributed by atoms with van der Waals surface area (Å²) in [6.45, 7) is 2.04. The molecule has 134 valence electrons. The quantitative estimate of drug-likeness (QED) is 0.344. The molecule has 0 aliphatic heterocycles. The van der Waals surface area contributed by atoms with E-state index < -0.39 is 5.62 Å². The van der Waals surface area contributed by atoms with Crippen LogP contribution in [0.15, 0.2) is 48.6 Å². The number of halogens is 1. The van der Waals surface area contributed by atoms with E-state index >= 15 is 0 Å². The van der Waals surface area contributed by atoms with Crippen LogP contribution in [0.5, 0.6) is 5.75 Å². The number of thioether (sulfide) groups is 1. The van der Waals surface area contributed by atoms with E-state index in [4.69, 9.17) is 16.3 Å². The minimum absolute atomic E-state index is 0.232. The van der Waals surface area contributed by atoms with Gasteiger partial charge in [-0.3, -0.25) is 0 Å². The second kappa shape index (κ2) is 11.1. The van der Waals surface area contributed by atoms with Gasteiger partial charge < -0.3 is 9.84 Å². The maximum absolute atomic E-state index is 10.1. The first kappa shape index (κ1) is 19.8. The lowest BCUT2D eigenvalue weighted by molar-refractivity contribution is 0.0626. The van der Waals surface area contributed by atoms with Gasteiger partial charge in [-0.1, -0.05) is 72.3 Å². The van der Waals surface area contributed by atoms with Crippen LogP contribution >= 0.6 is 23.4 Å². The van der Waals surface area contributed by atoms with Crippen molar-refractivity contribution in [3.8, 4) is 17.0 Å². The fourth-order valence-corrected chi connectivity index (χ4v) is 3.15. The van der Waals surface area contributed by atoms with Crippen LogP contribution in [-0.4, -0.2) is 26.7 Å². The van der Waals surface area contributed by atoms with Gasteiger partial charge in [-0.05, 0) is 31.9 Å². The van der Waals surface area contributed by atoms with Gasteiger partial charge in [0.2, 0.25) is 5.62 Å². The van der Waals surface area contributed by atoms with E-state index in [0.717, 1.165) is 30.6 Å². The molecule has 2 rings (SSSR count). The van der Waals surface area contributed by atoms with Crippen molar-refractivity contribution in [2.45, 2.75) is 38.2 Å². The standard InChI is InChI=1S/C19H23ClN2O2S/c1-2-3-4-5-6-10-13-25-19(23)24-16-14-17(20)21-22-18(16)15-11-8-7-9-12-15/h2-3,7-9,11-12,14,19,23H,4-6,10,13H2,1H3/b3-2+. The highest BCUT2D eigenvalue weighted by atomic mass is 35.5. The molecule has 1 N–H and O–H groups in total. The number of aliphatic hydroxyl groups is 1. The van der Waals surface area contributed by atoms with Crippen LogP contribution in [0.1, 0.15) is 32.6 Å². The Balaban J connectivity index is 1.88. The molecule has 25 heavy (non-hydrogen) atoms. The van der Waals surface area contributed by atoms with E-state index in [9.17, 15) is 5.11 Å². The molecule has 1 heterocycles. The lowest BCUT2D eigenvalue weighted by Gasteiger charge is -2.15. The zero-order valence-electron chi connectivity index (χ0n) is 14.3. The Morgan fingerprint density at radius 3 is 2.76 bits per heavy atom. The third-order valence-corrected chi connectivity index (χ3v) is 4.61. The summed E-state index contributed by atoms with van der Waals surface area (Å²) in [5, 5.41) is 18.4. The van der Waals surface area contributed by atoms with Crippen molar-refractivity contribution in [2.75, 3.05) is 5.75 Å². The third-order valence-electron chi connectivity index (χ3n) is 3.52. The molecule has 1 atom stereocenters. The van der Waals surface area contributed by atoms with E-state index in [1.54, 1.807) is 6.07 Å². The number of rotatable bonds is 10. The van der Waals surface area contributed by atoms with E-state index in [2.05, 4.69) is 22.3 Å². The molecule has 0 spiro atoms. The van der Waals surface area contributed by atoms with E-state index in [0.29, 0.717) is 11.4 Å². The first-order valence-electron chi connectivity index (χ1n) is 8.37. The van der Waals surface area contributed by atoms with Crippen molar-refractivity contribution in [2.24, 2.45) is 0 Å². The summed E-state index contributed by atoms with van der Waals surface area (Å²) in [6, 6.07) is 11.2. The van der Waals surface area contributed by atoms with E-state index in [1.165, 1.54) is 18.2 Å². The summed E-state index contributed by atoms with van der Waals surface area (Å²) >= 11 is 7.30. The third kappa shape index (κ3) is 7.06. The zero-order valence-corrected chi connectivity index (χ0v) is 15.8. The number of unbranched alkanes of at least 4 members (excludes halogenated alkanes) is 3. The van der Waals surface area contributed by atoms with Gasteiger partial charge in [-0.2, -0.15) is 0 Å². The summed E-state index contributed by atoms with van der Waals surface area (Å²) in [5.41, 5.74) is 0.470. The first-order valence-corrected chi connectivity index (χ1v) is 9.79. The molecule has 0 aliphatic carbocycles. The number of hydrogen-bond acceptors (Lipinski definition) is 5. The predicted molar refractivity (Wildman–Crippen MR) is 105 cm³/mol. The number of benzene rings is 1. The Kier molecular flexibility index (Phi) is 8.80. The molecule has 4 nitrogen and oxygen atoms in total. The Morgan fingerprint density at radius 1 is 1.20 bits per heavy atom. The zero-order chi connectivity index (χ0) is 17.9. The lowest BCUT2D eigenvalue weighted by Crippen LogP contribution is -2.13. The van der Waals surface area contributed by atoms with E-state index in [1.807, 2.05) is 37.3 Å². The van der Waals surface area contributed by atoms with Crippen LogP contribution in [0.2, 0.25) is 5.15 Å². The highest BCUT2D eigenvalue weighted by Gasteiger charge is 2.14. The minimum Gasteiger partial charge on any atom is -0.453 e. The monoisotopic (exact) mass is 378 g/mol. The summed E-state index contributed by atoms with van der Waals surface area (Å²) in [5.74, 6) is 1.27. The molecule has 2 aromatic rings. The summed E-state index contributed by atoms with van der Waals surface area (Å²) < 4.78 is 5.65. The maximum atomic E-state index is 10.1. The number of nitrogens with zero attached hydrogens (tertiary/aromatic N) is 2.